The minimum absolute atomic E-state index is 0.298. The molecule has 16 heavy (non-hydrogen) atoms. The maximum Gasteiger partial charge on any atom is 0.435 e. The van der Waals surface area contributed by atoms with Crippen LogP contribution in [-0.4, -0.2) is 16.4 Å². The van der Waals surface area contributed by atoms with E-state index < -0.39 is 11.9 Å². The zero-order chi connectivity index (χ0) is 11.8. The van der Waals surface area contributed by atoms with Gasteiger partial charge in [-0.15, -0.1) is 0 Å². The van der Waals surface area contributed by atoms with Crippen LogP contribution in [0, 0.1) is 0 Å². The van der Waals surface area contributed by atoms with Gasteiger partial charge < -0.3 is 4.74 Å². The van der Waals surface area contributed by atoms with Gasteiger partial charge in [-0.3, -0.25) is 0 Å². The molecule has 0 bridgehead atoms. The second-order valence-electron chi connectivity index (χ2n) is 3.62. The number of ether oxygens (including phenoxy) is 1. The Kier molecular flexibility index (Phi) is 3.25. The zero-order valence-electron chi connectivity index (χ0n) is 8.30. The van der Waals surface area contributed by atoms with Crippen LogP contribution in [0.4, 0.5) is 13.2 Å². The second-order valence-corrected chi connectivity index (χ2v) is 4.43. The van der Waals surface area contributed by atoms with E-state index >= 15 is 0 Å². The predicted octanol–water partition coefficient (Wildman–Crippen LogP) is 3.36. The van der Waals surface area contributed by atoms with Crippen molar-refractivity contribution in [2.75, 3.05) is 6.61 Å². The van der Waals surface area contributed by atoms with Crippen molar-refractivity contribution < 1.29 is 17.9 Å². The first kappa shape index (κ1) is 11.9. The Hall–Kier alpha value is -0.560. The van der Waals surface area contributed by atoms with Gasteiger partial charge in [0.1, 0.15) is 4.60 Å². The number of alkyl halides is 3. The van der Waals surface area contributed by atoms with Crippen LogP contribution in [-0.2, 0) is 10.9 Å². The highest BCUT2D eigenvalue weighted by atomic mass is 79.9. The molecular formula is C9H10BrF3N2O. The first-order valence-corrected chi connectivity index (χ1v) is 5.71. The molecule has 0 aromatic carbocycles. The molecule has 0 radical (unpaired) electrons. The summed E-state index contributed by atoms with van der Waals surface area (Å²) in [6.45, 7) is 0.568. The van der Waals surface area contributed by atoms with Crippen LogP contribution in [0.1, 0.15) is 31.2 Å². The van der Waals surface area contributed by atoms with E-state index in [1.807, 2.05) is 0 Å². The summed E-state index contributed by atoms with van der Waals surface area (Å²) >= 11 is 3.07. The lowest BCUT2D eigenvalue weighted by Gasteiger charge is -2.23. The van der Waals surface area contributed by atoms with Gasteiger partial charge in [0.25, 0.3) is 0 Å². The van der Waals surface area contributed by atoms with E-state index in [2.05, 4.69) is 21.0 Å². The van der Waals surface area contributed by atoms with Crippen molar-refractivity contribution in [1.82, 2.24) is 9.78 Å². The average molecular weight is 299 g/mol. The maximum atomic E-state index is 12.4. The van der Waals surface area contributed by atoms with Crippen LogP contribution in [0.5, 0.6) is 0 Å². The Labute approximate surface area is 98.7 Å². The van der Waals surface area contributed by atoms with Crippen molar-refractivity contribution in [3.05, 3.63) is 16.4 Å². The Bertz CT molecular complexity index is 371. The summed E-state index contributed by atoms with van der Waals surface area (Å²) in [6, 6.07) is 0.970. The van der Waals surface area contributed by atoms with Crippen LogP contribution in [0.15, 0.2) is 10.7 Å². The molecule has 0 saturated carbocycles. The molecule has 0 amide bonds. The third kappa shape index (κ3) is 2.40. The van der Waals surface area contributed by atoms with Gasteiger partial charge in [-0.2, -0.15) is 18.3 Å². The minimum Gasteiger partial charge on any atom is -0.356 e. The van der Waals surface area contributed by atoms with Crippen molar-refractivity contribution in [3.8, 4) is 0 Å². The van der Waals surface area contributed by atoms with Crippen LogP contribution >= 0.6 is 15.9 Å². The standard InChI is InChI=1S/C9H10BrF3N2O/c10-7-5-6(9(11,12)13)14-15(7)8-3-1-2-4-16-8/h5,8H,1-4H2. The lowest BCUT2D eigenvalue weighted by molar-refractivity contribution is -0.142. The van der Waals surface area contributed by atoms with Gasteiger partial charge in [-0.1, -0.05) is 0 Å². The van der Waals surface area contributed by atoms with E-state index in [9.17, 15) is 13.2 Å². The molecule has 2 rings (SSSR count). The molecule has 0 N–H and O–H groups in total. The molecule has 1 aromatic rings. The van der Waals surface area contributed by atoms with E-state index in [0.717, 1.165) is 18.9 Å². The van der Waals surface area contributed by atoms with Crippen LogP contribution in [0.3, 0.4) is 0 Å². The van der Waals surface area contributed by atoms with Gasteiger partial charge >= 0.3 is 6.18 Å². The smallest absolute Gasteiger partial charge is 0.356 e. The summed E-state index contributed by atoms with van der Waals surface area (Å²) in [5, 5.41) is 3.52. The molecule has 0 aliphatic carbocycles. The van der Waals surface area contributed by atoms with E-state index in [0.29, 0.717) is 17.6 Å². The third-order valence-corrected chi connectivity index (χ3v) is 3.00. The van der Waals surface area contributed by atoms with E-state index in [4.69, 9.17) is 4.74 Å². The first-order chi connectivity index (χ1) is 7.48. The molecule has 0 spiro atoms. The van der Waals surface area contributed by atoms with E-state index in [1.165, 1.54) is 4.68 Å². The van der Waals surface area contributed by atoms with E-state index in [1.54, 1.807) is 0 Å². The number of hydrogen-bond donors (Lipinski definition) is 0. The number of nitrogens with zero attached hydrogens (tertiary/aromatic N) is 2. The summed E-state index contributed by atoms with van der Waals surface area (Å²) in [4.78, 5) is 0. The molecule has 1 atom stereocenters. The molecule has 2 heterocycles. The number of hydrogen-bond acceptors (Lipinski definition) is 2. The highest BCUT2D eigenvalue weighted by Gasteiger charge is 2.35. The highest BCUT2D eigenvalue weighted by molar-refractivity contribution is 9.10. The van der Waals surface area contributed by atoms with Crippen LogP contribution in [0.25, 0.3) is 0 Å². The van der Waals surface area contributed by atoms with E-state index in [-0.39, 0.29) is 6.23 Å². The summed E-state index contributed by atoms with van der Waals surface area (Å²) < 4.78 is 44.2. The Morgan fingerprint density at radius 1 is 1.44 bits per heavy atom. The van der Waals surface area contributed by atoms with Crippen LogP contribution < -0.4 is 0 Å². The van der Waals surface area contributed by atoms with Crippen molar-refractivity contribution in [1.29, 1.82) is 0 Å². The molecule has 7 heteroatoms. The predicted molar refractivity (Wildman–Crippen MR) is 53.8 cm³/mol. The molecule has 1 aliphatic heterocycles. The minimum atomic E-state index is -4.41. The lowest BCUT2D eigenvalue weighted by atomic mass is 10.2. The van der Waals surface area contributed by atoms with Gasteiger partial charge in [-0.25, -0.2) is 4.68 Å². The number of rotatable bonds is 1. The van der Waals surface area contributed by atoms with Gasteiger partial charge in [0.05, 0.1) is 0 Å². The summed E-state index contributed by atoms with van der Waals surface area (Å²) in [7, 11) is 0. The molecule has 1 fully saturated rings. The molecular weight excluding hydrogens is 289 g/mol. The Morgan fingerprint density at radius 2 is 2.19 bits per heavy atom. The fourth-order valence-corrected chi connectivity index (χ4v) is 2.15. The molecule has 1 saturated heterocycles. The molecule has 1 unspecified atom stereocenters. The van der Waals surface area contributed by atoms with Gasteiger partial charge in [-0.05, 0) is 35.2 Å². The lowest BCUT2D eigenvalue weighted by Crippen LogP contribution is -2.20. The molecule has 90 valence electrons. The second kappa shape index (κ2) is 4.37. The third-order valence-electron chi connectivity index (χ3n) is 2.41. The van der Waals surface area contributed by atoms with Gasteiger partial charge in [0, 0.05) is 12.7 Å². The normalized spacial score (nSPS) is 22.4. The summed E-state index contributed by atoms with van der Waals surface area (Å²) in [5.74, 6) is 0. The van der Waals surface area contributed by atoms with Crippen LogP contribution in [0.2, 0.25) is 0 Å². The topological polar surface area (TPSA) is 27.1 Å². The first-order valence-electron chi connectivity index (χ1n) is 4.92. The van der Waals surface area contributed by atoms with Crippen molar-refractivity contribution in [2.24, 2.45) is 0 Å². The van der Waals surface area contributed by atoms with Crippen molar-refractivity contribution >= 4 is 15.9 Å². The maximum absolute atomic E-state index is 12.4. The molecule has 1 aliphatic rings. The van der Waals surface area contributed by atoms with Crippen molar-refractivity contribution in [2.45, 2.75) is 31.7 Å². The summed E-state index contributed by atoms with van der Waals surface area (Å²) in [6.07, 6.45) is -2.22. The molecule has 1 aromatic heterocycles. The highest BCUT2D eigenvalue weighted by Crippen LogP contribution is 2.33. The molecule has 3 nitrogen and oxygen atoms in total. The Morgan fingerprint density at radius 3 is 2.69 bits per heavy atom. The summed E-state index contributed by atoms with van der Waals surface area (Å²) in [5.41, 5.74) is -0.895. The number of aromatic nitrogens is 2. The monoisotopic (exact) mass is 298 g/mol. The zero-order valence-corrected chi connectivity index (χ0v) is 9.88. The number of halogens is 4. The SMILES string of the molecule is FC(F)(F)c1cc(Br)n(C2CCCCO2)n1. The van der Waals surface area contributed by atoms with Crippen molar-refractivity contribution in [3.63, 3.8) is 0 Å². The van der Waals surface area contributed by atoms with Gasteiger partial charge in [0.2, 0.25) is 0 Å². The quantitative estimate of drug-likeness (QED) is 0.795. The van der Waals surface area contributed by atoms with Gasteiger partial charge in [0.15, 0.2) is 11.9 Å². The largest absolute Gasteiger partial charge is 0.435 e. The Balaban J connectivity index is 2.24. The average Bonchev–Trinajstić information content (AvgIpc) is 2.61. The fourth-order valence-electron chi connectivity index (χ4n) is 1.63. The fraction of sp³-hybridized carbons (Fsp3) is 0.667.